The third-order valence-electron chi connectivity index (χ3n) is 2.78. The molecule has 0 aliphatic carbocycles. The molecule has 0 amide bonds. The molecule has 1 N–H and O–H groups in total. The molecule has 0 saturated carbocycles. The molecule has 94 valence electrons. The van der Waals surface area contributed by atoms with Crippen molar-refractivity contribution in [3.63, 3.8) is 0 Å². The number of anilines is 1. The number of rotatable bonds is 5. The summed E-state index contributed by atoms with van der Waals surface area (Å²) in [5.41, 5.74) is 1.19. The summed E-state index contributed by atoms with van der Waals surface area (Å²) in [6, 6.07) is 8.31. The Balaban J connectivity index is 1.62. The van der Waals surface area contributed by atoms with Gasteiger partial charge in [0.05, 0.1) is 0 Å². The monoisotopic (exact) mass is 315 g/mol. The second-order valence-corrected chi connectivity index (χ2v) is 6.44. The highest BCUT2D eigenvalue weighted by atomic mass is 79.9. The van der Waals surface area contributed by atoms with E-state index in [9.17, 15) is 0 Å². The van der Waals surface area contributed by atoms with Gasteiger partial charge in [0.15, 0.2) is 0 Å². The van der Waals surface area contributed by atoms with Crippen LogP contribution in [0.2, 0.25) is 0 Å². The standard InChI is InChI=1S/C13H18BrNOS/c14-11-2-1-3-12(10-11)15-6-9-17-13-4-7-16-8-5-13/h1-3,10,13,15H,4-9H2. The summed E-state index contributed by atoms with van der Waals surface area (Å²) < 4.78 is 6.48. The fourth-order valence-electron chi connectivity index (χ4n) is 1.86. The van der Waals surface area contributed by atoms with Crippen LogP contribution >= 0.6 is 27.7 Å². The van der Waals surface area contributed by atoms with Crippen molar-refractivity contribution in [3.05, 3.63) is 28.7 Å². The number of halogens is 1. The van der Waals surface area contributed by atoms with Gasteiger partial charge in [0, 0.05) is 40.9 Å². The van der Waals surface area contributed by atoms with Crippen LogP contribution in [-0.4, -0.2) is 30.8 Å². The van der Waals surface area contributed by atoms with Crippen LogP contribution in [0.5, 0.6) is 0 Å². The Labute approximate surface area is 116 Å². The summed E-state index contributed by atoms with van der Waals surface area (Å²) in [4.78, 5) is 0. The Morgan fingerprint density at radius 3 is 2.94 bits per heavy atom. The third kappa shape index (κ3) is 4.90. The van der Waals surface area contributed by atoms with E-state index in [0.717, 1.165) is 35.2 Å². The van der Waals surface area contributed by atoms with E-state index in [0.29, 0.717) is 0 Å². The van der Waals surface area contributed by atoms with Crippen LogP contribution in [0.25, 0.3) is 0 Å². The van der Waals surface area contributed by atoms with Gasteiger partial charge < -0.3 is 10.1 Å². The van der Waals surface area contributed by atoms with Gasteiger partial charge in [0.2, 0.25) is 0 Å². The predicted octanol–water partition coefficient (Wildman–Crippen LogP) is 3.77. The molecule has 1 fully saturated rings. The minimum Gasteiger partial charge on any atom is -0.384 e. The van der Waals surface area contributed by atoms with Crippen molar-refractivity contribution in [2.24, 2.45) is 0 Å². The molecule has 0 radical (unpaired) electrons. The van der Waals surface area contributed by atoms with Gasteiger partial charge in [-0.25, -0.2) is 0 Å². The van der Waals surface area contributed by atoms with E-state index in [2.05, 4.69) is 51.2 Å². The van der Waals surface area contributed by atoms with Gasteiger partial charge in [-0.15, -0.1) is 0 Å². The van der Waals surface area contributed by atoms with Gasteiger partial charge in [-0.05, 0) is 31.0 Å². The average molecular weight is 316 g/mol. The van der Waals surface area contributed by atoms with Crippen molar-refractivity contribution < 1.29 is 4.74 Å². The van der Waals surface area contributed by atoms with E-state index < -0.39 is 0 Å². The van der Waals surface area contributed by atoms with E-state index in [4.69, 9.17) is 4.74 Å². The zero-order valence-corrected chi connectivity index (χ0v) is 12.2. The molecule has 0 bridgehead atoms. The molecule has 1 aromatic carbocycles. The maximum absolute atomic E-state index is 5.35. The lowest BCUT2D eigenvalue weighted by Gasteiger charge is -2.21. The van der Waals surface area contributed by atoms with Crippen molar-refractivity contribution >= 4 is 33.4 Å². The predicted molar refractivity (Wildman–Crippen MR) is 78.9 cm³/mol. The highest BCUT2D eigenvalue weighted by Crippen LogP contribution is 2.22. The van der Waals surface area contributed by atoms with Crippen LogP contribution in [0.4, 0.5) is 5.69 Å². The smallest absolute Gasteiger partial charge is 0.0476 e. The van der Waals surface area contributed by atoms with Gasteiger partial charge in [-0.2, -0.15) is 11.8 Å². The average Bonchev–Trinajstić information content (AvgIpc) is 2.36. The van der Waals surface area contributed by atoms with Crippen molar-refractivity contribution in [2.75, 3.05) is 30.8 Å². The quantitative estimate of drug-likeness (QED) is 0.836. The summed E-state index contributed by atoms with van der Waals surface area (Å²) in [6.07, 6.45) is 2.42. The first-order valence-corrected chi connectivity index (χ1v) is 7.87. The number of benzene rings is 1. The van der Waals surface area contributed by atoms with Crippen molar-refractivity contribution in [1.82, 2.24) is 0 Å². The van der Waals surface area contributed by atoms with Gasteiger partial charge in [-0.1, -0.05) is 22.0 Å². The van der Waals surface area contributed by atoms with Gasteiger partial charge >= 0.3 is 0 Å². The molecule has 0 aromatic heterocycles. The Bertz CT molecular complexity index is 342. The molecular weight excluding hydrogens is 298 g/mol. The van der Waals surface area contributed by atoms with Crippen LogP contribution in [0.15, 0.2) is 28.7 Å². The number of ether oxygens (including phenoxy) is 1. The van der Waals surface area contributed by atoms with Crippen LogP contribution in [0, 0.1) is 0 Å². The molecule has 2 nitrogen and oxygen atoms in total. The lowest BCUT2D eigenvalue weighted by molar-refractivity contribution is 0.100. The van der Waals surface area contributed by atoms with E-state index in [-0.39, 0.29) is 0 Å². The van der Waals surface area contributed by atoms with Crippen molar-refractivity contribution in [2.45, 2.75) is 18.1 Å². The van der Waals surface area contributed by atoms with Crippen molar-refractivity contribution in [1.29, 1.82) is 0 Å². The van der Waals surface area contributed by atoms with Crippen LogP contribution < -0.4 is 5.32 Å². The molecule has 1 heterocycles. The maximum atomic E-state index is 5.35. The first kappa shape index (κ1) is 13.2. The minimum absolute atomic E-state index is 0.799. The third-order valence-corrected chi connectivity index (χ3v) is 4.65. The van der Waals surface area contributed by atoms with Crippen molar-refractivity contribution in [3.8, 4) is 0 Å². The molecule has 1 aliphatic heterocycles. The molecule has 0 unspecified atom stereocenters. The lowest BCUT2D eigenvalue weighted by Crippen LogP contribution is -2.19. The molecule has 4 heteroatoms. The van der Waals surface area contributed by atoms with Gasteiger partial charge in [0.25, 0.3) is 0 Å². The fourth-order valence-corrected chi connectivity index (χ4v) is 3.34. The Morgan fingerprint density at radius 2 is 2.18 bits per heavy atom. The Hall–Kier alpha value is -0.190. The first-order valence-electron chi connectivity index (χ1n) is 6.03. The van der Waals surface area contributed by atoms with Gasteiger partial charge in [0.1, 0.15) is 0 Å². The van der Waals surface area contributed by atoms with Crippen LogP contribution in [-0.2, 0) is 4.74 Å². The summed E-state index contributed by atoms with van der Waals surface area (Å²) in [6.45, 7) is 2.91. The fraction of sp³-hybridized carbons (Fsp3) is 0.538. The molecule has 1 saturated heterocycles. The summed E-state index contributed by atoms with van der Waals surface area (Å²) in [7, 11) is 0. The molecular formula is C13H18BrNOS. The van der Waals surface area contributed by atoms with E-state index in [1.807, 2.05) is 6.07 Å². The zero-order valence-electron chi connectivity index (χ0n) is 9.82. The molecule has 0 spiro atoms. The highest BCUT2D eigenvalue weighted by molar-refractivity contribution is 9.10. The molecule has 1 aliphatic rings. The van der Waals surface area contributed by atoms with E-state index in [1.54, 1.807) is 0 Å². The van der Waals surface area contributed by atoms with Crippen LogP contribution in [0.3, 0.4) is 0 Å². The topological polar surface area (TPSA) is 21.3 Å². The summed E-state index contributed by atoms with van der Waals surface area (Å²) in [5.74, 6) is 1.16. The first-order chi connectivity index (χ1) is 8.34. The normalized spacial score (nSPS) is 17.0. The zero-order chi connectivity index (χ0) is 11.9. The molecule has 2 rings (SSSR count). The number of hydrogen-bond donors (Lipinski definition) is 1. The second kappa shape index (κ2) is 7.29. The molecule has 1 aromatic rings. The molecule has 17 heavy (non-hydrogen) atoms. The maximum Gasteiger partial charge on any atom is 0.0476 e. The van der Waals surface area contributed by atoms with Gasteiger partial charge in [-0.3, -0.25) is 0 Å². The van der Waals surface area contributed by atoms with Crippen LogP contribution in [0.1, 0.15) is 12.8 Å². The largest absolute Gasteiger partial charge is 0.384 e. The van der Waals surface area contributed by atoms with E-state index in [1.165, 1.54) is 18.5 Å². The summed E-state index contributed by atoms with van der Waals surface area (Å²) in [5, 5.41) is 4.24. The highest BCUT2D eigenvalue weighted by Gasteiger charge is 2.13. The number of hydrogen-bond acceptors (Lipinski definition) is 3. The van der Waals surface area contributed by atoms with E-state index >= 15 is 0 Å². The SMILES string of the molecule is Brc1cccc(NCCSC2CCOCC2)c1. The Morgan fingerprint density at radius 1 is 1.35 bits per heavy atom. The molecule has 0 atom stereocenters. The second-order valence-electron chi connectivity index (χ2n) is 4.12. The number of nitrogens with one attached hydrogen (secondary N) is 1. The minimum atomic E-state index is 0.799. The summed E-state index contributed by atoms with van der Waals surface area (Å²) >= 11 is 5.54. The Kier molecular flexibility index (Phi) is 5.68. The number of thioether (sulfide) groups is 1. The lowest BCUT2D eigenvalue weighted by atomic mass is 10.2.